The van der Waals surface area contributed by atoms with Crippen LogP contribution in [0.4, 0.5) is 0 Å². The normalized spacial score (nSPS) is 22.3. The highest BCUT2D eigenvalue weighted by atomic mass is 32.2. The molecule has 1 aliphatic carbocycles. The molecule has 0 heterocycles. The Morgan fingerprint density at radius 3 is 2.44 bits per heavy atom. The molecule has 1 fully saturated rings. The molecule has 0 radical (unpaired) electrons. The lowest BCUT2D eigenvalue weighted by atomic mass is 9.82. The van der Waals surface area contributed by atoms with Gasteiger partial charge in [-0.3, -0.25) is 0 Å². The topological polar surface area (TPSA) is 46.2 Å². The van der Waals surface area contributed by atoms with Gasteiger partial charge in [0.05, 0.1) is 6.10 Å². The van der Waals surface area contributed by atoms with E-state index in [9.17, 15) is 5.11 Å². The first kappa shape index (κ1) is 14.3. The quantitative estimate of drug-likeness (QED) is 0.756. The second-order valence-electron chi connectivity index (χ2n) is 5.33. The van der Waals surface area contributed by atoms with Crippen LogP contribution in [0.1, 0.15) is 52.4 Å². The van der Waals surface area contributed by atoms with Gasteiger partial charge in [0.2, 0.25) is 0 Å². The highest BCUT2D eigenvalue weighted by Gasteiger charge is 2.22. The Labute approximate surface area is 104 Å². The predicted molar refractivity (Wildman–Crippen MR) is 72.8 cm³/mol. The molecule has 2 unspecified atom stereocenters. The molecule has 1 rings (SSSR count). The molecule has 0 bridgehead atoms. The maximum absolute atomic E-state index is 9.90. The molecule has 0 aromatic carbocycles. The van der Waals surface area contributed by atoms with Crippen molar-refractivity contribution >= 4 is 11.8 Å². The molecule has 0 aliphatic heterocycles. The third kappa shape index (κ3) is 5.55. The molecule has 3 heteroatoms. The number of hydrogen-bond acceptors (Lipinski definition) is 3. The van der Waals surface area contributed by atoms with E-state index in [1.807, 2.05) is 11.8 Å². The summed E-state index contributed by atoms with van der Waals surface area (Å²) in [5, 5.41) is 10.5. The monoisotopic (exact) mass is 245 g/mol. The second kappa shape index (κ2) is 7.57. The molecule has 16 heavy (non-hydrogen) atoms. The summed E-state index contributed by atoms with van der Waals surface area (Å²) < 4.78 is 0. The van der Waals surface area contributed by atoms with Gasteiger partial charge in [0, 0.05) is 11.8 Å². The minimum Gasteiger partial charge on any atom is -0.392 e. The van der Waals surface area contributed by atoms with Gasteiger partial charge in [-0.1, -0.05) is 33.1 Å². The molecular formula is C13H27NOS. The van der Waals surface area contributed by atoms with Gasteiger partial charge in [-0.05, 0) is 30.4 Å². The smallest absolute Gasteiger partial charge is 0.0645 e. The van der Waals surface area contributed by atoms with Crippen LogP contribution in [0.3, 0.4) is 0 Å². The van der Waals surface area contributed by atoms with Crippen LogP contribution in [0, 0.1) is 5.92 Å². The standard InChI is InChI=1S/C13H27NOS/c1-10(2)16-9-12(15)8-13(14)11-6-4-3-5-7-11/h10-13,15H,3-9,14H2,1-2H3. The van der Waals surface area contributed by atoms with E-state index in [-0.39, 0.29) is 12.1 Å². The molecule has 1 saturated carbocycles. The third-order valence-electron chi connectivity index (χ3n) is 3.42. The first-order chi connectivity index (χ1) is 7.59. The van der Waals surface area contributed by atoms with Crippen molar-refractivity contribution in [1.82, 2.24) is 0 Å². The zero-order valence-corrected chi connectivity index (χ0v) is 11.5. The van der Waals surface area contributed by atoms with Crippen molar-refractivity contribution in [2.75, 3.05) is 5.75 Å². The van der Waals surface area contributed by atoms with Crippen LogP contribution in [-0.4, -0.2) is 28.3 Å². The van der Waals surface area contributed by atoms with Gasteiger partial charge in [-0.2, -0.15) is 11.8 Å². The fraction of sp³-hybridized carbons (Fsp3) is 1.00. The molecule has 0 spiro atoms. The molecule has 0 aromatic rings. The Balaban J connectivity index is 2.18. The van der Waals surface area contributed by atoms with E-state index in [1.54, 1.807) is 0 Å². The minimum absolute atomic E-state index is 0.211. The van der Waals surface area contributed by atoms with E-state index < -0.39 is 0 Å². The summed E-state index contributed by atoms with van der Waals surface area (Å²) >= 11 is 1.82. The molecular weight excluding hydrogens is 218 g/mol. The van der Waals surface area contributed by atoms with Crippen molar-refractivity contribution in [1.29, 1.82) is 0 Å². The average molecular weight is 245 g/mol. The number of nitrogens with two attached hydrogens (primary N) is 1. The number of thioether (sulfide) groups is 1. The number of aliphatic hydroxyl groups excluding tert-OH is 1. The summed E-state index contributed by atoms with van der Waals surface area (Å²) in [6.45, 7) is 4.33. The fourth-order valence-electron chi connectivity index (χ4n) is 2.44. The van der Waals surface area contributed by atoms with Crippen LogP contribution < -0.4 is 5.73 Å². The van der Waals surface area contributed by atoms with E-state index in [0.717, 1.165) is 12.2 Å². The van der Waals surface area contributed by atoms with Crippen molar-refractivity contribution in [2.45, 2.75) is 69.8 Å². The van der Waals surface area contributed by atoms with Crippen molar-refractivity contribution < 1.29 is 5.11 Å². The molecule has 2 atom stereocenters. The van der Waals surface area contributed by atoms with Crippen molar-refractivity contribution in [3.63, 3.8) is 0 Å². The molecule has 96 valence electrons. The van der Waals surface area contributed by atoms with Gasteiger partial charge in [-0.25, -0.2) is 0 Å². The summed E-state index contributed by atoms with van der Waals surface area (Å²) in [6.07, 6.45) is 7.13. The fourth-order valence-corrected chi connectivity index (χ4v) is 3.18. The van der Waals surface area contributed by atoms with Gasteiger partial charge >= 0.3 is 0 Å². The molecule has 0 aromatic heterocycles. The van der Waals surface area contributed by atoms with Gasteiger partial charge in [0.15, 0.2) is 0 Å². The number of hydrogen-bond donors (Lipinski definition) is 2. The van der Waals surface area contributed by atoms with Gasteiger partial charge < -0.3 is 10.8 Å². The SMILES string of the molecule is CC(C)SCC(O)CC(N)C1CCCCC1. The summed E-state index contributed by atoms with van der Waals surface area (Å²) in [5.41, 5.74) is 6.19. The van der Waals surface area contributed by atoms with Crippen LogP contribution in [0.25, 0.3) is 0 Å². The highest BCUT2D eigenvalue weighted by Crippen LogP contribution is 2.27. The Morgan fingerprint density at radius 2 is 1.88 bits per heavy atom. The van der Waals surface area contributed by atoms with E-state index in [2.05, 4.69) is 13.8 Å². The second-order valence-corrected chi connectivity index (χ2v) is 6.94. The Bertz CT molecular complexity index is 181. The number of rotatable bonds is 6. The highest BCUT2D eigenvalue weighted by molar-refractivity contribution is 7.99. The van der Waals surface area contributed by atoms with Crippen molar-refractivity contribution in [2.24, 2.45) is 11.7 Å². The molecule has 0 amide bonds. The minimum atomic E-state index is -0.218. The summed E-state index contributed by atoms with van der Waals surface area (Å²) in [4.78, 5) is 0. The Hall–Kier alpha value is 0.270. The van der Waals surface area contributed by atoms with Crippen LogP contribution in [0.5, 0.6) is 0 Å². The van der Waals surface area contributed by atoms with Gasteiger partial charge in [0.1, 0.15) is 0 Å². The first-order valence-electron chi connectivity index (χ1n) is 6.65. The van der Waals surface area contributed by atoms with Crippen LogP contribution in [0.2, 0.25) is 0 Å². The predicted octanol–water partition coefficient (Wildman–Crippen LogP) is 2.79. The van der Waals surface area contributed by atoms with Crippen molar-refractivity contribution in [3.8, 4) is 0 Å². The summed E-state index contributed by atoms with van der Waals surface area (Å²) in [6, 6.07) is 0.211. The van der Waals surface area contributed by atoms with Gasteiger partial charge in [0.25, 0.3) is 0 Å². The Kier molecular flexibility index (Phi) is 6.78. The average Bonchev–Trinajstić information content (AvgIpc) is 2.27. The summed E-state index contributed by atoms with van der Waals surface area (Å²) in [5.74, 6) is 1.49. The van der Waals surface area contributed by atoms with Crippen LogP contribution in [0.15, 0.2) is 0 Å². The lowest BCUT2D eigenvalue weighted by Gasteiger charge is -2.28. The van der Waals surface area contributed by atoms with Crippen LogP contribution >= 0.6 is 11.8 Å². The maximum atomic E-state index is 9.90. The molecule has 1 aliphatic rings. The lowest BCUT2D eigenvalue weighted by Crippen LogP contribution is -2.35. The third-order valence-corrected chi connectivity index (χ3v) is 4.67. The van der Waals surface area contributed by atoms with Crippen molar-refractivity contribution in [3.05, 3.63) is 0 Å². The Morgan fingerprint density at radius 1 is 1.25 bits per heavy atom. The maximum Gasteiger partial charge on any atom is 0.0645 e. The van der Waals surface area contributed by atoms with Crippen LogP contribution in [-0.2, 0) is 0 Å². The van der Waals surface area contributed by atoms with E-state index in [0.29, 0.717) is 11.2 Å². The molecule has 2 nitrogen and oxygen atoms in total. The molecule has 3 N–H and O–H groups in total. The van der Waals surface area contributed by atoms with E-state index >= 15 is 0 Å². The largest absolute Gasteiger partial charge is 0.392 e. The van der Waals surface area contributed by atoms with E-state index in [4.69, 9.17) is 5.73 Å². The lowest BCUT2D eigenvalue weighted by molar-refractivity contribution is 0.157. The van der Waals surface area contributed by atoms with E-state index in [1.165, 1.54) is 32.1 Å². The number of aliphatic hydroxyl groups is 1. The zero-order valence-electron chi connectivity index (χ0n) is 10.7. The van der Waals surface area contributed by atoms with Gasteiger partial charge in [-0.15, -0.1) is 0 Å². The zero-order chi connectivity index (χ0) is 12.0. The summed E-state index contributed by atoms with van der Waals surface area (Å²) in [7, 11) is 0. The molecule has 0 saturated heterocycles. The first-order valence-corrected chi connectivity index (χ1v) is 7.69.